The van der Waals surface area contributed by atoms with Crippen LogP contribution in [0.4, 0.5) is 0 Å². The van der Waals surface area contributed by atoms with Gasteiger partial charge in [-0.25, -0.2) is 0 Å². The monoisotopic (exact) mass is 286 g/mol. The maximum absolute atomic E-state index is 12.1. The van der Waals surface area contributed by atoms with E-state index >= 15 is 0 Å². The lowest BCUT2D eigenvalue weighted by molar-refractivity contribution is 0.0953. The van der Waals surface area contributed by atoms with Crippen molar-refractivity contribution in [3.8, 4) is 11.8 Å². The highest BCUT2D eigenvalue weighted by Crippen LogP contribution is 2.05. The fraction of sp³-hybridized carbons (Fsp3) is 0.286. The zero-order valence-electron chi connectivity index (χ0n) is 11.2. The zero-order valence-corrected chi connectivity index (χ0v) is 11.2. The van der Waals surface area contributed by atoms with E-state index in [1.165, 1.54) is 18.8 Å². The summed E-state index contributed by atoms with van der Waals surface area (Å²) in [5.74, 6) is 5.89. The van der Waals surface area contributed by atoms with E-state index < -0.39 is 0 Å². The fourth-order valence-corrected chi connectivity index (χ4v) is 1.59. The first-order chi connectivity index (χ1) is 10.3. The van der Waals surface area contributed by atoms with Gasteiger partial charge in [0.15, 0.2) is 5.82 Å². The van der Waals surface area contributed by atoms with Crippen molar-refractivity contribution in [1.29, 1.82) is 0 Å². The summed E-state index contributed by atoms with van der Waals surface area (Å²) in [6, 6.07) is 1.60. The number of hydrogen-bond donors (Lipinski definition) is 2. The molecule has 0 aliphatic carbocycles. The molecule has 2 N–H and O–H groups in total. The molecule has 0 saturated heterocycles. The van der Waals surface area contributed by atoms with Crippen LogP contribution in [-0.2, 0) is 6.42 Å². The minimum atomic E-state index is -0.241. The Morgan fingerprint density at radius 2 is 2.38 bits per heavy atom. The Kier molecular flexibility index (Phi) is 5.43. The Morgan fingerprint density at radius 3 is 3.14 bits per heavy atom. The van der Waals surface area contributed by atoms with Crippen molar-refractivity contribution < 1.29 is 14.4 Å². The third-order valence-corrected chi connectivity index (χ3v) is 2.57. The largest absolute Gasteiger partial charge is 0.395 e. The van der Waals surface area contributed by atoms with Crippen LogP contribution in [0.3, 0.4) is 0 Å². The number of hydrogen-bond acceptors (Lipinski definition) is 6. The van der Waals surface area contributed by atoms with Gasteiger partial charge in [-0.3, -0.25) is 9.78 Å². The van der Waals surface area contributed by atoms with Crippen molar-refractivity contribution in [1.82, 2.24) is 20.4 Å². The maximum Gasteiger partial charge on any atom is 0.252 e. The molecule has 2 aromatic rings. The number of carbonyl (C=O) groups excluding carboxylic acids is 1. The summed E-state index contributed by atoms with van der Waals surface area (Å²) in [6.07, 6.45) is 5.14. The van der Waals surface area contributed by atoms with E-state index in [0.29, 0.717) is 36.3 Å². The van der Waals surface area contributed by atoms with Gasteiger partial charge in [-0.05, 0) is 6.07 Å². The average Bonchev–Trinajstić information content (AvgIpc) is 3.01. The van der Waals surface area contributed by atoms with Gasteiger partial charge >= 0.3 is 0 Å². The SMILES string of the molecule is O=C(NCCc1ncon1)c1ccncc1C#CCCO. The minimum Gasteiger partial charge on any atom is -0.395 e. The maximum atomic E-state index is 12.1. The van der Waals surface area contributed by atoms with E-state index in [9.17, 15) is 4.79 Å². The van der Waals surface area contributed by atoms with Gasteiger partial charge in [0.25, 0.3) is 5.91 Å². The minimum absolute atomic E-state index is 0.0144. The number of nitrogens with one attached hydrogen (secondary N) is 1. The topological polar surface area (TPSA) is 101 Å². The number of aromatic nitrogens is 3. The highest BCUT2D eigenvalue weighted by atomic mass is 16.5. The van der Waals surface area contributed by atoms with Crippen molar-refractivity contribution in [3.05, 3.63) is 41.8 Å². The van der Waals surface area contributed by atoms with Crippen LogP contribution < -0.4 is 5.32 Å². The van der Waals surface area contributed by atoms with Crippen LogP contribution >= 0.6 is 0 Å². The van der Waals surface area contributed by atoms with Gasteiger partial charge in [-0.15, -0.1) is 0 Å². The van der Waals surface area contributed by atoms with E-state index in [2.05, 4.69) is 36.8 Å². The molecular weight excluding hydrogens is 272 g/mol. The molecule has 2 aromatic heterocycles. The van der Waals surface area contributed by atoms with Gasteiger partial charge in [0.1, 0.15) is 0 Å². The van der Waals surface area contributed by atoms with Crippen molar-refractivity contribution in [3.63, 3.8) is 0 Å². The predicted octanol–water partition coefficient (Wildman–Crippen LogP) is 0.171. The number of pyridine rings is 1. The lowest BCUT2D eigenvalue weighted by atomic mass is 10.1. The number of nitrogens with zero attached hydrogens (tertiary/aromatic N) is 3. The van der Waals surface area contributed by atoms with Crippen molar-refractivity contribution >= 4 is 5.91 Å². The Labute approximate surface area is 121 Å². The van der Waals surface area contributed by atoms with E-state index in [-0.39, 0.29) is 12.5 Å². The van der Waals surface area contributed by atoms with Gasteiger partial charge in [0, 0.05) is 31.8 Å². The van der Waals surface area contributed by atoms with Crippen LogP contribution in [0.5, 0.6) is 0 Å². The predicted molar refractivity (Wildman–Crippen MR) is 73.2 cm³/mol. The Hall–Kier alpha value is -2.72. The second kappa shape index (κ2) is 7.77. The summed E-state index contributed by atoms with van der Waals surface area (Å²) in [7, 11) is 0. The summed E-state index contributed by atoms with van der Waals surface area (Å²) in [5, 5.41) is 15.1. The van der Waals surface area contributed by atoms with Crippen LogP contribution in [-0.4, -0.2) is 39.3 Å². The Bertz CT molecular complexity index is 644. The second-order valence-electron chi connectivity index (χ2n) is 4.05. The van der Waals surface area contributed by atoms with Gasteiger partial charge < -0.3 is 14.9 Å². The third-order valence-electron chi connectivity index (χ3n) is 2.57. The molecule has 0 unspecified atom stereocenters. The summed E-state index contributed by atoms with van der Waals surface area (Å²) >= 11 is 0. The number of rotatable bonds is 5. The number of aliphatic hydroxyl groups is 1. The summed E-state index contributed by atoms with van der Waals surface area (Å²) in [6.45, 7) is 0.379. The van der Waals surface area contributed by atoms with Gasteiger partial charge in [-0.2, -0.15) is 4.98 Å². The summed E-state index contributed by atoms with van der Waals surface area (Å²) in [4.78, 5) is 19.9. The van der Waals surface area contributed by atoms with Gasteiger partial charge in [0.2, 0.25) is 6.39 Å². The molecule has 108 valence electrons. The number of carbonyl (C=O) groups is 1. The average molecular weight is 286 g/mol. The highest BCUT2D eigenvalue weighted by molar-refractivity contribution is 5.96. The highest BCUT2D eigenvalue weighted by Gasteiger charge is 2.10. The van der Waals surface area contributed by atoms with Crippen molar-refractivity contribution in [2.24, 2.45) is 0 Å². The van der Waals surface area contributed by atoms with Crippen molar-refractivity contribution in [2.75, 3.05) is 13.2 Å². The standard InChI is InChI=1S/C14H14N4O3/c19-8-2-1-3-11-9-15-6-4-12(11)14(20)16-7-5-13-17-10-21-18-13/h4,6,9-10,19H,2,5,7-8H2,(H,16,20). The molecule has 0 aliphatic rings. The molecule has 0 fully saturated rings. The molecule has 2 heterocycles. The molecule has 0 saturated carbocycles. The fourth-order valence-electron chi connectivity index (χ4n) is 1.59. The summed E-state index contributed by atoms with van der Waals surface area (Å²) in [5.41, 5.74) is 0.978. The first-order valence-electron chi connectivity index (χ1n) is 6.38. The third kappa shape index (κ3) is 4.40. The smallest absolute Gasteiger partial charge is 0.252 e. The van der Waals surface area contributed by atoms with Crippen LogP contribution in [0.2, 0.25) is 0 Å². The van der Waals surface area contributed by atoms with Crippen LogP contribution in [0.25, 0.3) is 0 Å². The molecule has 7 heteroatoms. The lowest BCUT2D eigenvalue weighted by Gasteiger charge is -2.05. The number of amides is 1. The zero-order chi connectivity index (χ0) is 14.9. The quantitative estimate of drug-likeness (QED) is 0.760. The van der Waals surface area contributed by atoms with E-state index in [1.807, 2.05) is 0 Å². The van der Waals surface area contributed by atoms with Crippen LogP contribution in [0.15, 0.2) is 29.4 Å². The molecule has 0 bridgehead atoms. The Balaban J connectivity index is 1.97. The van der Waals surface area contributed by atoms with Gasteiger partial charge in [-0.1, -0.05) is 17.0 Å². The molecule has 21 heavy (non-hydrogen) atoms. The van der Waals surface area contributed by atoms with Crippen LogP contribution in [0.1, 0.15) is 28.2 Å². The number of aliphatic hydroxyl groups excluding tert-OH is 1. The first kappa shape index (κ1) is 14.7. The van der Waals surface area contributed by atoms with Crippen LogP contribution in [0, 0.1) is 11.8 Å². The molecule has 0 spiro atoms. The van der Waals surface area contributed by atoms with Crippen molar-refractivity contribution in [2.45, 2.75) is 12.8 Å². The molecule has 0 aromatic carbocycles. The molecule has 7 nitrogen and oxygen atoms in total. The second-order valence-corrected chi connectivity index (χ2v) is 4.05. The molecule has 0 aliphatic heterocycles. The van der Waals surface area contributed by atoms with E-state index in [0.717, 1.165) is 0 Å². The normalized spacial score (nSPS) is 9.76. The molecular formula is C14H14N4O3. The molecule has 1 amide bonds. The van der Waals surface area contributed by atoms with Gasteiger partial charge in [0.05, 0.1) is 17.7 Å². The molecule has 0 atom stereocenters. The summed E-state index contributed by atoms with van der Waals surface area (Å²) < 4.78 is 4.61. The molecule has 2 rings (SSSR count). The molecule has 0 radical (unpaired) electrons. The van der Waals surface area contributed by atoms with E-state index in [4.69, 9.17) is 5.11 Å². The lowest BCUT2D eigenvalue weighted by Crippen LogP contribution is -2.26. The first-order valence-corrected chi connectivity index (χ1v) is 6.38. The Morgan fingerprint density at radius 1 is 1.48 bits per heavy atom. The van der Waals surface area contributed by atoms with E-state index in [1.54, 1.807) is 6.07 Å².